The molecule has 0 bridgehead atoms. The van der Waals surface area contributed by atoms with Crippen LogP contribution in [0.15, 0.2) is 18.2 Å². The van der Waals surface area contributed by atoms with Crippen molar-refractivity contribution in [3.63, 3.8) is 0 Å². The number of hydrogen-bond acceptors (Lipinski definition) is 6. The number of hydrazine groups is 1. The van der Waals surface area contributed by atoms with Crippen molar-refractivity contribution in [2.75, 3.05) is 56.1 Å². The molecule has 1 aromatic carbocycles. The molecule has 1 saturated carbocycles. The zero-order chi connectivity index (χ0) is 22.8. The van der Waals surface area contributed by atoms with Crippen LogP contribution in [0.1, 0.15) is 25.7 Å². The summed E-state index contributed by atoms with van der Waals surface area (Å²) in [5, 5.41) is 4.55. The van der Waals surface area contributed by atoms with Crippen LogP contribution in [0, 0.1) is 11.7 Å². The summed E-state index contributed by atoms with van der Waals surface area (Å²) < 4.78 is 44.9. The Labute approximate surface area is 185 Å². The Kier molecular flexibility index (Phi) is 6.90. The summed E-state index contributed by atoms with van der Waals surface area (Å²) in [6.45, 7) is 4.17. The van der Waals surface area contributed by atoms with Gasteiger partial charge in [0.1, 0.15) is 11.9 Å². The normalized spacial score (nSPS) is 23.0. The van der Waals surface area contributed by atoms with Gasteiger partial charge in [-0.2, -0.15) is 0 Å². The Hall–Kier alpha value is -2.33. The van der Waals surface area contributed by atoms with Crippen LogP contribution in [0.2, 0.25) is 0 Å². The Balaban J connectivity index is 1.37. The van der Waals surface area contributed by atoms with Crippen LogP contribution in [0.5, 0.6) is 0 Å². The number of carbonyl (C=O) groups excluding carboxylic acids is 2. The molecule has 2 aliphatic heterocycles. The monoisotopic (exact) mass is 454 g/mol. The molecule has 1 amide bonds. The van der Waals surface area contributed by atoms with Crippen molar-refractivity contribution >= 4 is 23.3 Å². The second kappa shape index (κ2) is 9.66. The van der Waals surface area contributed by atoms with E-state index < -0.39 is 30.2 Å². The van der Waals surface area contributed by atoms with Gasteiger partial charge in [-0.25, -0.2) is 28.0 Å². The van der Waals surface area contributed by atoms with Gasteiger partial charge in [0.2, 0.25) is 0 Å². The van der Waals surface area contributed by atoms with Gasteiger partial charge < -0.3 is 9.64 Å². The van der Waals surface area contributed by atoms with E-state index in [2.05, 4.69) is 17.1 Å². The number of nitrogens with zero attached hydrogens (tertiary/aromatic N) is 4. The fraction of sp³-hybridized carbons (Fsp3) is 0.636. The van der Waals surface area contributed by atoms with Crippen molar-refractivity contribution in [2.24, 2.45) is 5.92 Å². The third kappa shape index (κ3) is 5.35. The zero-order valence-corrected chi connectivity index (χ0v) is 18.2. The molecule has 3 fully saturated rings. The third-order valence-electron chi connectivity index (χ3n) is 6.38. The summed E-state index contributed by atoms with van der Waals surface area (Å²) in [6, 6.07) is 4.64. The lowest BCUT2D eigenvalue weighted by molar-refractivity contribution is -0.129. The molecule has 10 heteroatoms. The van der Waals surface area contributed by atoms with Crippen LogP contribution in [0.3, 0.4) is 0 Å². The number of ketones is 1. The average molecular weight is 454 g/mol. The fourth-order valence-corrected chi connectivity index (χ4v) is 4.21. The molecule has 1 aliphatic carbocycles. The molecule has 3 aliphatic rings. The molecule has 7 nitrogen and oxygen atoms in total. The van der Waals surface area contributed by atoms with E-state index in [0.29, 0.717) is 24.5 Å². The summed E-state index contributed by atoms with van der Waals surface area (Å²) in [5.74, 6) is -0.823. The number of alkyl halides is 2. The van der Waals surface area contributed by atoms with Gasteiger partial charge in [-0.15, -0.1) is 0 Å². The van der Waals surface area contributed by atoms with E-state index in [1.54, 1.807) is 12.1 Å². The number of rotatable bonds is 8. The number of Topliss-reactive ketones (excluding diaryl/α,β-unsaturated/α-hetero) is 1. The maximum absolute atomic E-state index is 15.0. The molecule has 0 unspecified atom stereocenters. The van der Waals surface area contributed by atoms with Crippen molar-refractivity contribution < 1.29 is 27.5 Å². The quantitative estimate of drug-likeness (QED) is 0.602. The number of cyclic esters (lactones) is 1. The zero-order valence-electron chi connectivity index (χ0n) is 18.2. The Bertz CT molecular complexity index is 852. The Morgan fingerprint density at radius 1 is 1.19 bits per heavy atom. The van der Waals surface area contributed by atoms with E-state index in [-0.39, 0.29) is 19.4 Å². The smallest absolute Gasteiger partial charge is 0.414 e. The minimum Gasteiger partial charge on any atom is -0.444 e. The Morgan fingerprint density at radius 2 is 1.94 bits per heavy atom. The van der Waals surface area contributed by atoms with Crippen LogP contribution in [0.25, 0.3) is 0 Å². The first-order chi connectivity index (χ1) is 15.3. The van der Waals surface area contributed by atoms with Gasteiger partial charge in [-0.05, 0) is 43.4 Å². The number of anilines is 2. The van der Waals surface area contributed by atoms with E-state index in [0.717, 1.165) is 25.6 Å². The largest absolute Gasteiger partial charge is 0.444 e. The second-order valence-electron chi connectivity index (χ2n) is 8.78. The van der Waals surface area contributed by atoms with Gasteiger partial charge in [0.05, 0.1) is 17.9 Å². The molecule has 0 radical (unpaired) electrons. The number of hydrogen-bond donors (Lipinski definition) is 0. The minimum atomic E-state index is -3.02. The second-order valence-corrected chi connectivity index (χ2v) is 8.78. The van der Waals surface area contributed by atoms with E-state index in [1.807, 2.05) is 4.90 Å². The number of benzene rings is 1. The van der Waals surface area contributed by atoms with Crippen molar-refractivity contribution in [1.29, 1.82) is 0 Å². The van der Waals surface area contributed by atoms with Gasteiger partial charge in [-0.1, -0.05) is 0 Å². The summed E-state index contributed by atoms with van der Waals surface area (Å²) in [7, 11) is 2.07. The SMILES string of the molecule is CN1CCN(c2ccc(N3C[C@H](CCC(=O)C(F)F)OC3=O)cc2F)CCN1CC1CC1. The predicted molar refractivity (Wildman–Crippen MR) is 113 cm³/mol. The summed E-state index contributed by atoms with van der Waals surface area (Å²) >= 11 is 0. The first kappa shape index (κ1) is 22.8. The number of likely N-dealkylation sites (N-methyl/N-ethyl adjacent to an activating group) is 1. The first-order valence-electron chi connectivity index (χ1n) is 11.1. The van der Waals surface area contributed by atoms with Crippen LogP contribution >= 0.6 is 0 Å². The first-order valence-corrected chi connectivity index (χ1v) is 11.1. The van der Waals surface area contributed by atoms with Crippen LogP contribution in [0.4, 0.5) is 29.3 Å². The molecular formula is C22H29F3N4O3. The lowest BCUT2D eigenvalue weighted by Crippen LogP contribution is -2.41. The topological polar surface area (TPSA) is 56.3 Å². The molecule has 0 spiro atoms. The van der Waals surface area contributed by atoms with Crippen molar-refractivity contribution in [3.05, 3.63) is 24.0 Å². The van der Waals surface area contributed by atoms with Crippen molar-refractivity contribution in [3.8, 4) is 0 Å². The van der Waals surface area contributed by atoms with Gasteiger partial charge in [-0.3, -0.25) is 9.69 Å². The highest BCUT2D eigenvalue weighted by Gasteiger charge is 2.34. The Morgan fingerprint density at radius 3 is 2.62 bits per heavy atom. The maximum atomic E-state index is 15.0. The molecule has 1 atom stereocenters. The predicted octanol–water partition coefficient (Wildman–Crippen LogP) is 3.14. The van der Waals surface area contributed by atoms with Gasteiger partial charge in [0.15, 0.2) is 5.78 Å². The molecular weight excluding hydrogens is 425 g/mol. The molecule has 2 heterocycles. The number of halogens is 3. The van der Waals surface area contributed by atoms with Gasteiger partial charge >= 0.3 is 6.09 Å². The fourth-order valence-electron chi connectivity index (χ4n) is 4.21. The molecule has 32 heavy (non-hydrogen) atoms. The van der Waals surface area contributed by atoms with E-state index >= 15 is 4.39 Å². The van der Waals surface area contributed by atoms with Gasteiger partial charge in [0, 0.05) is 46.2 Å². The lowest BCUT2D eigenvalue weighted by atomic mass is 10.1. The highest BCUT2D eigenvalue weighted by Crippen LogP contribution is 2.31. The summed E-state index contributed by atoms with van der Waals surface area (Å²) in [6.07, 6.45) is -2.14. The standard InChI is InChI=1S/C22H29F3N4O3/c1-26-8-9-27(10-11-28(26)13-15-2-3-15)19-6-4-16(12-18(19)23)29-14-17(32-22(29)31)5-7-20(30)21(24)25/h4,6,12,15,17,21H,2-3,5,7-11,13-14H2,1H3/t17-/m0/s1. The lowest BCUT2D eigenvalue weighted by Gasteiger charge is -2.29. The minimum absolute atomic E-state index is 0.0185. The molecule has 4 rings (SSSR count). The van der Waals surface area contributed by atoms with Crippen LogP contribution in [-0.4, -0.2) is 80.7 Å². The average Bonchev–Trinajstić information content (AvgIpc) is 3.53. The summed E-state index contributed by atoms with van der Waals surface area (Å²) in [4.78, 5) is 26.6. The molecule has 176 valence electrons. The van der Waals surface area contributed by atoms with Crippen molar-refractivity contribution in [2.45, 2.75) is 38.2 Å². The van der Waals surface area contributed by atoms with E-state index in [1.165, 1.54) is 23.8 Å². The number of amides is 1. The third-order valence-corrected chi connectivity index (χ3v) is 6.38. The highest BCUT2D eigenvalue weighted by atomic mass is 19.3. The van der Waals surface area contributed by atoms with Crippen LogP contribution in [-0.2, 0) is 9.53 Å². The van der Waals surface area contributed by atoms with E-state index in [4.69, 9.17) is 4.74 Å². The molecule has 1 aromatic rings. The van der Waals surface area contributed by atoms with Crippen molar-refractivity contribution in [1.82, 2.24) is 10.0 Å². The van der Waals surface area contributed by atoms with Crippen LogP contribution < -0.4 is 9.80 Å². The number of carbonyl (C=O) groups is 2. The maximum Gasteiger partial charge on any atom is 0.414 e. The molecule has 0 N–H and O–H groups in total. The summed E-state index contributed by atoms with van der Waals surface area (Å²) in [5.41, 5.74) is 0.836. The van der Waals surface area contributed by atoms with E-state index in [9.17, 15) is 18.4 Å². The molecule has 0 aromatic heterocycles. The molecule has 2 saturated heterocycles. The number of ether oxygens (including phenoxy) is 1. The van der Waals surface area contributed by atoms with Gasteiger partial charge in [0.25, 0.3) is 6.43 Å². The highest BCUT2D eigenvalue weighted by molar-refractivity contribution is 5.90.